The van der Waals surface area contributed by atoms with Gasteiger partial charge in [-0.05, 0) is 97.4 Å². The van der Waals surface area contributed by atoms with Gasteiger partial charge in [0.15, 0.2) is 0 Å². The molecule has 0 aromatic carbocycles. The van der Waals surface area contributed by atoms with Crippen molar-refractivity contribution >= 4 is 5.97 Å². The second kappa shape index (κ2) is 7.23. The first-order valence-electron chi connectivity index (χ1n) is 13.7. The van der Waals surface area contributed by atoms with Gasteiger partial charge in [0.1, 0.15) is 0 Å². The molecule has 4 N–H and O–H groups in total. The predicted octanol–water partition coefficient (Wildman–Crippen LogP) is 5.10. The molecule has 5 nitrogen and oxygen atoms in total. The second-order valence-electron chi connectivity index (χ2n) is 14.5. The summed E-state index contributed by atoms with van der Waals surface area (Å²) >= 11 is 0. The van der Waals surface area contributed by atoms with Crippen LogP contribution >= 0.6 is 0 Å². The Labute approximate surface area is 210 Å². The molecule has 5 aliphatic carbocycles. The minimum Gasteiger partial charge on any atom is -0.481 e. The molecule has 0 radical (unpaired) electrons. The number of fused-ring (bicyclic) bond motifs is 7. The summed E-state index contributed by atoms with van der Waals surface area (Å²) in [4.78, 5) is 12.8. The summed E-state index contributed by atoms with van der Waals surface area (Å²) in [5.41, 5.74) is -0.824. The fourth-order valence-corrected chi connectivity index (χ4v) is 10.5. The van der Waals surface area contributed by atoms with E-state index in [0.29, 0.717) is 43.1 Å². The summed E-state index contributed by atoms with van der Waals surface area (Å²) in [6.07, 6.45) is 6.67. The van der Waals surface area contributed by atoms with Crippen LogP contribution in [0.5, 0.6) is 0 Å². The smallest absolute Gasteiger partial charge is 0.310 e. The number of rotatable bonds is 1. The van der Waals surface area contributed by atoms with Crippen molar-refractivity contribution in [3.05, 3.63) is 23.8 Å². The summed E-state index contributed by atoms with van der Waals surface area (Å²) in [6.45, 7) is 17.5. The van der Waals surface area contributed by atoms with Crippen LogP contribution in [0.4, 0.5) is 0 Å². The normalized spacial score (nSPS) is 55.1. The fourth-order valence-electron chi connectivity index (χ4n) is 10.5. The fraction of sp³-hybridized carbons (Fsp3) is 0.833. The molecular weight excluding hydrogens is 440 g/mol. The number of hydrogen-bond donors (Lipinski definition) is 4. The monoisotopic (exact) mass is 486 g/mol. The van der Waals surface area contributed by atoms with Gasteiger partial charge in [0.25, 0.3) is 0 Å². The maximum Gasteiger partial charge on any atom is 0.310 e. The Hall–Kier alpha value is -1.17. The van der Waals surface area contributed by atoms with E-state index < -0.39 is 29.2 Å². The number of aliphatic hydroxyl groups is 3. The third-order valence-corrected chi connectivity index (χ3v) is 12.9. The van der Waals surface area contributed by atoms with Crippen LogP contribution in [0.2, 0.25) is 0 Å². The molecule has 196 valence electrons. The number of carboxylic acid groups (broad SMARTS) is 1. The third-order valence-electron chi connectivity index (χ3n) is 12.9. The van der Waals surface area contributed by atoms with E-state index >= 15 is 0 Å². The number of aliphatic carboxylic acids is 1. The average molecular weight is 487 g/mol. The molecule has 5 rings (SSSR count). The van der Waals surface area contributed by atoms with Crippen LogP contribution in [-0.4, -0.2) is 44.2 Å². The van der Waals surface area contributed by atoms with Gasteiger partial charge in [-0.25, -0.2) is 0 Å². The molecule has 0 aromatic heterocycles. The first-order chi connectivity index (χ1) is 16.0. The SMILES string of the molecule is C=C1[C@H]2C3=CC[C@@H]4[C@@]5(C)C[C@@H](O)[C@@H](O)C(C)(C)[C@@H]5CC[C@@]4(C)[C@]3(C)CC[C@@]2(C(=O)O)CC[C@]1(C)O. The molecule has 35 heavy (non-hydrogen) atoms. The van der Waals surface area contributed by atoms with Crippen molar-refractivity contribution in [2.24, 2.45) is 44.8 Å². The van der Waals surface area contributed by atoms with Gasteiger partial charge >= 0.3 is 5.97 Å². The van der Waals surface area contributed by atoms with Crippen LogP contribution in [0.15, 0.2) is 23.8 Å². The maximum atomic E-state index is 12.8. The summed E-state index contributed by atoms with van der Waals surface area (Å²) in [5, 5.41) is 43.5. The predicted molar refractivity (Wildman–Crippen MR) is 135 cm³/mol. The van der Waals surface area contributed by atoms with E-state index in [4.69, 9.17) is 0 Å². The van der Waals surface area contributed by atoms with Crippen molar-refractivity contribution in [3.63, 3.8) is 0 Å². The highest BCUT2D eigenvalue weighted by Crippen LogP contribution is 2.75. The van der Waals surface area contributed by atoms with E-state index in [0.717, 1.165) is 25.7 Å². The van der Waals surface area contributed by atoms with Gasteiger partial charge in [-0.1, -0.05) is 52.8 Å². The molecule has 0 unspecified atom stereocenters. The molecule has 4 fully saturated rings. The first-order valence-corrected chi connectivity index (χ1v) is 13.7. The lowest BCUT2D eigenvalue weighted by Crippen LogP contribution is -2.67. The standard InChI is InChI=1S/C30H46O5/c1-17-22-18-8-9-21-26(4)16-19(31)23(32)25(2,3)20(26)10-11-28(21,6)27(18,5)12-14-30(22,24(33)34)15-13-29(17,7)35/h8,19-23,31-32,35H,1,9-16H2,2-7H3,(H,33,34)/t19-,20+,21-,22+,23-,26+,27-,28-,29+,30-/m1/s1. The molecular formula is C30H46O5. The van der Waals surface area contributed by atoms with Gasteiger partial charge in [0, 0.05) is 5.92 Å². The van der Waals surface area contributed by atoms with E-state index in [-0.39, 0.29) is 27.6 Å². The maximum absolute atomic E-state index is 12.8. The molecule has 5 aliphatic rings. The Morgan fingerprint density at radius 2 is 1.60 bits per heavy atom. The highest BCUT2D eigenvalue weighted by atomic mass is 16.4. The van der Waals surface area contributed by atoms with E-state index in [1.54, 1.807) is 6.92 Å². The Kier molecular flexibility index (Phi) is 5.26. The molecule has 10 atom stereocenters. The minimum absolute atomic E-state index is 0.0608. The second-order valence-corrected chi connectivity index (χ2v) is 14.5. The number of carboxylic acids is 1. The largest absolute Gasteiger partial charge is 0.481 e. The zero-order valence-corrected chi connectivity index (χ0v) is 22.5. The molecule has 4 saturated carbocycles. The van der Waals surface area contributed by atoms with E-state index in [1.165, 1.54) is 5.57 Å². The Morgan fingerprint density at radius 1 is 0.971 bits per heavy atom. The number of allylic oxidation sites excluding steroid dienone is 2. The van der Waals surface area contributed by atoms with Gasteiger partial charge in [-0.3, -0.25) is 4.79 Å². The highest BCUT2D eigenvalue weighted by Gasteiger charge is 2.70. The highest BCUT2D eigenvalue weighted by molar-refractivity contribution is 5.78. The van der Waals surface area contributed by atoms with Gasteiger partial charge in [0.05, 0.1) is 23.2 Å². The average Bonchev–Trinajstić information content (AvgIpc) is 2.75. The molecule has 0 aliphatic heterocycles. The molecule has 5 heteroatoms. The van der Waals surface area contributed by atoms with Gasteiger partial charge < -0.3 is 20.4 Å². The van der Waals surface area contributed by atoms with Crippen molar-refractivity contribution < 1.29 is 25.2 Å². The van der Waals surface area contributed by atoms with Crippen LogP contribution in [0.25, 0.3) is 0 Å². The Balaban J connectivity index is 1.64. The minimum atomic E-state index is -1.06. The molecule has 0 saturated heterocycles. The van der Waals surface area contributed by atoms with Crippen LogP contribution in [0.1, 0.15) is 92.9 Å². The summed E-state index contributed by atoms with van der Waals surface area (Å²) < 4.78 is 0. The van der Waals surface area contributed by atoms with E-state index in [9.17, 15) is 25.2 Å². The van der Waals surface area contributed by atoms with Gasteiger partial charge in [-0.15, -0.1) is 0 Å². The van der Waals surface area contributed by atoms with Gasteiger partial charge in [0.2, 0.25) is 0 Å². The van der Waals surface area contributed by atoms with Crippen molar-refractivity contribution in [2.75, 3.05) is 0 Å². The van der Waals surface area contributed by atoms with Crippen molar-refractivity contribution in [1.29, 1.82) is 0 Å². The first kappa shape index (κ1) is 25.5. The van der Waals surface area contributed by atoms with E-state index in [1.807, 2.05) is 0 Å². The third kappa shape index (κ3) is 2.89. The Bertz CT molecular complexity index is 995. The number of hydrogen-bond acceptors (Lipinski definition) is 4. The number of aliphatic hydroxyl groups excluding tert-OH is 2. The summed E-state index contributed by atoms with van der Waals surface area (Å²) in [5.74, 6) is -0.451. The lowest BCUT2D eigenvalue weighted by molar-refractivity contribution is -0.231. The topological polar surface area (TPSA) is 98.0 Å². The summed E-state index contributed by atoms with van der Waals surface area (Å²) in [6, 6.07) is 0. The van der Waals surface area contributed by atoms with Crippen LogP contribution in [0.3, 0.4) is 0 Å². The molecule has 0 spiro atoms. The zero-order chi connectivity index (χ0) is 26.0. The van der Waals surface area contributed by atoms with Crippen LogP contribution < -0.4 is 0 Å². The van der Waals surface area contributed by atoms with Crippen molar-refractivity contribution in [1.82, 2.24) is 0 Å². The summed E-state index contributed by atoms with van der Waals surface area (Å²) in [7, 11) is 0. The lowest BCUT2D eigenvalue weighted by atomic mass is 9.33. The zero-order valence-electron chi connectivity index (χ0n) is 22.5. The van der Waals surface area contributed by atoms with Gasteiger partial charge in [-0.2, -0.15) is 0 Å². The van der Waals surface area contributed by atoms with E-state index in [2.05, 4.69) is 47.3 Å². The van der Waals surface area contributed by atoms with Crippen molar-refractivity contribution in [2.45, 2.75) is 111 Å². The lowest BCUT2D eigenvalue weighted by Gasteiger charge is -2.71. The molecule has 0 aromatic rings. The molecule has 0 bridgehead atoms. The molecule has 0 amide bonds. The van der Waals surface area contributed by atoms with Crippen molar-refractivity contribution in [3.8, 4) is 0 Å². The van der Waals surface area contributed by atoms with Crippen LogP contribution in [0, 0.1) is 44.8 Å². The molecule has 0 heterocycles. The Morgan fingerprint density at radius 3 is 2.23 bits per heavy atom. The quantitative estimate of drug-likeness (QED) is 0.387. The number of carbonyl (C=O) groups is 1. The van der Waals surface area contributed by atoms with Crippen LogP contribution in [-0.2, 0) is 4.79 Å².